The fraction of sp³-hybridized carbons (Fsp3) is 0.435. The first-order valence-electron chi connectivity index (χ1n) is 10.4. The number of thiocarbonyl (C=S) groups is 1. The predicted molar refractivity (Wildman–Crippen MR) is 124 cm³/mol. The molecule has 2 aromatic carbocycles. The summed E-state index contributed by atoms with van der Waals surface area (Å²) in [5, 5.41) is 4.06. The Labute approximate surface area is 184 Å². The van der Waals surface area contributed by atoms with Gasteiger partial charge in [-0.1, -0.05) is 30.3 Å². The molecule has 0 spiro atoms. The van der Waals surface area contributed by atoms with Crippen molar-refractivity contribution in [1.29, 1.82) is 0 Å². The Bertz CT molecular complexity index is 812. The van der Waals surface area contributed by atoms with Crippen molar-refractivity contribution < 1.29 is 14.2 Å². The van der Waals surface area contributed by atoms with E-state index in [1.807, 2.05) is 49.4 Å². The van der Waals surface area contributed by atoms with Crippen LogP contribution in [0.1, 0.15) is 12.5 Å². The highest BCUT2D eigenvalue weighted by molar-refractivity contribution is 7.80. The van der Waals surface area contributed by atoms with Crippen LogP contribution in [0.25, 0.3) is 0 Å². The standard InChI is InChI=1S/C23H31N3O3S/c1-3-29-22-11-7-5-9-20(22)24-23(30)26(13-12-25-14-16-28-17-15-25)18-19-8-4-6-10-21(19)27-2/h4-11H,3,12-18H2,1-2H3,(H,24,30). The molecular weight excluding hydrogens is 398 g/mol. The molecule has 0 unspecified atom stereocenters. The summed E-state index contributed by atoms with van der Waals surface area (Å²) in [6.07, 6.45) is 0. The SMILES string of the molecule is CCOc1ccccc1NC(=S)N(CCN1CCOCC1)Cc1ccccc1OC. The van der Waals surface area contributed by atoms with Crippen LogP contribution >= 0.6 is 12.2 Å². The number of nitrogens with one attached hydrogen (secondary N) is 1. The lowest BCUT2D eigenvalue weighted by Crippen LogP contribution is -2.44. The molecule has 162 valence electrons. The molecule has 1 heterocycles. The van der Waals surface area contributed by atoms with Gasteiger partial charge in [-0.15, -0.1) is 0 Å². The number of hydrogen-bond donors (Lipinski definition) is 1. The van der Waals surface area contributed by atoms with Gasteiger partial charge in [0.15, 0.2) is 5.11 Å². The molecule has 1 fully saturated rings. The molecule has 30 heavy (non-hydrogen) atoms. The first-order valence-corrected chi connectivity index (χ1v) is 10.8. The third-order valence-electron chi connectivity index (χ3n) is 5.06. The van der Waals surface area contributed by atoms with Crippen molar-refractivity contribution in [2.24, 2.45) is 0 Å². The Morgan fingerprint density at radius 3 is 2.53 bits per heavy atom. The second-order valence-corrected chi connectivity index (χ2v) is 7.43. The van der Waals surface area contributed by atoms with Crippen LogP contribution in [-0.4, -0.2) is 68.0 Å². The van der Waals surface area contributed by atoms with Crippen LogP contribution < -0.4 is 14.8 Å². The molecule has 0 aliphatic carbocycles. The largest absolute Gasteiger partial charge is 0.496 e. The lowest BCUT2D eigenvalue weighted by molar-refractivity contribution is 0.0358. The summed E-state index contributed by atoms with van der Waals surface area (Å²) < 4.78 is 16.8. The van der Waals surface area contributed by atoms with Gasteiger partial charge >= 0.3 is 0 Å². The van der Waals surface area contributed by atoms with Crippen LogP contribution in [0.2, 0.25) is 0 Å². The van der Waals surface area contributed by atoms with E-state index in [2.05, 4.69) is 21.2 Å². The summed E-state index contributed by atoms with van der Waals surface area (Å²) in [5.41, 5.74) is 1.98. The molecule has 1 N–H and O–H groups in total. The van der Waals surface area contributed by atoms with Gasteiger partial charge in [0.25, 0.3) is 0 Å². The van der Waals surface area contributed by atoms with Gasteiger partial charge in [0.2, 0.25) is 0 Å². The number of benzene rings is 2. The Hall–Kier alpha value is -2.35. The van der Waals surface area contributed by atoms with Crippen LogP contribution in [-0.2, 0) is 11.3 Å². The molecule has 1 aliphatic heterocycles. The van der Waals surface area contributed by atoms with E-state index in [1.165, 1.54) is 0 Å². The number of methoxy groups -OCH3 is 1. The van der Waals surface area contributed by atoms with Crippen molar-refractivity contribution in [2.75, 3.05) is 58.4 Å². The minimum Gasteiger partial charge on any atom is -0.496 e. The minimum absolute atomic E-state index is 0.605. The Morgan fingerprint density at radius 2 is 1.80 bits per heavy atom. The maximum absolute atomic E-state index is 5.82. The second-order valence-electron chi connectivity index (χ2n) is 7.05. The molecular formula is C23H31N3O3S. The molecule has 7 heteroatoms. The van der Waals surface area contributed by atoms with E-state index < -0.39 is 0 Å². The van der Waals surface area contributed by atoms with Gasteiger partial charge in [0, 0.05) is 38.3 Å². The molecule has 6 nitrogen and oxygen atoms in total. The van der Waals surface area contributed by atoms with E-state index in [-0.39, 0.29) is 0 Å². The van der Waals surface area contributed by atoms with E-state index in [0.717, 1.165) is 62.1 Å². The number of hydrogen-bond acceptors (Lipinski definition) is 5. The maximum Gasteiger partial charge on any atom is 0.173 e. The number of ether oxygens (including phenoxy) is 3. The lowest BCUT2D eigenvalue weighted by atomic mass is 10.2. The van der Waals surface area contributed by atoms with Crippen molar-refractivity contribution >= 4 is 23.0 Å². The van der Waals surface area contributed by atoms with Crippen molar-refractivity contribution in [3.05, 3.63) is 54.1 Å². The summed E-state index contributed by atoms with van der Waals surface area (Å²) in [4.78, 5) is 4.60. The van der Waals surface area contributed by atoms with Gasteiger partial charge in [-0.25, -0.2) is 0 Å². The van der Waals surface area contributed by atoms with Crippen LogP contribution in [0.15, 0.2) is 48.5 Å². The topological polar surface area (TPSA) is 46.2 Å². The van der Waals surface area contributed by atoms with E-state index in [4.69, 9.17) is 26.4 Å². The van der Waals surface area contributed by atoms with Gasteiger partial charge in [-0.3, -0.25) is 4.90 Å². The monoisotopic (exact) mass is 429 g/mol. The van der Waals surface area contributed by atoms with Gasteiger partial charge in [0.1, 0.15) is 11.5 Å². The third-order valence-corrected chi connectivity index (χ3v) is 5.42. The highest BCUT2D eigenvalue weighted by Crippen LogP contribution is 2.25. The summed E-state index contributed by atoms with van der Waals surface area (Å²) in [7, 11) is 1.70. The van der Waals surface area contributed by atoms with E-state index in [9.17, 15) is 0 Å². The average molecular weight is 430 g/mol. The van der Waals surface area contributed by atoms with Crippen LogP contribution in [0, 0.1) is 0 Å². The van der Waals surface area contributed by atoms with Gasteiger partial charge < -0.3 is 24.4 Å². The van der Waals surface area contributed by atoms with E-state index in [0.29, 0.717) is 18.3 Å². The molecule has 3 rings (SSSR count). The fourth-order valence-electron chi connectivity index (χ4n) is 3.42. The summed E-state index contributed by atoms with van der Waals surface area (Å²) in [5.74, 6) is 1.67. The molecule has 1 saturated heterocycles. The number of anilines is 1. The van der Waals surface area contributed by atoms with Crippen molar-refractivity contribution in [2.45, 2.75) is 13.5 Å². The number of rotatable bonds is 9. The average Bonchev–Trinajstić information content (AvgIpc) is 2.79. The minimum atomic E-state index is 0.605. The smallest absolute Gasteiger partial charge is 0.173 e. The normalized spacial score (nSPS) is 14.2. The lowest BCUT2D eigenvalue weighted by Gasteiger charge is -2.32. The summed E-state index contributed by atoms with van der Waals surface area (Å²) in [6, 6.07) is 15.9. The van der Waals surface area contributed by atoms with Crippen LogP contribution in [0.3, 0.4) is 0 Å². The first kappa shape index (κ1) is 22.3. The molecule has 0 saturated carbocycles. The third kappa shape index (κ3) is 6.32. The van der Waals surface area contributed by atoms with E-state index >= 15 is 0 Å². The molecule has 0 amide bonds. The molecule has 2 aromatic rings. The van der Waals surface area contributed by atoms with Crippen molar-refractivity contribution in [3.8, 4) is 11.5 Å². The quantitative estimate of drug-likeness (QED) is 0.611. The highest BCUT2D eigenvalue weighted by Gasteiger charge is 2.17. The Balaban J connectivity index is 1.74. The zero-order valence-electron chi connectivity index (χ0n) is 17.8. The zero-order valence-corrected chi connectivity index (χ0v) is 18.6. The zero-order chi connectivity index (χ0) is 21.2. The number of morpholine rings is 1. The van der Waals surface area contributed by atoms with Crippen LogP contribution in [0.4, 0.5) is 5.69 Å². The first-order chi connectivity index (χ1) is 14.7. The van der Waals surface area contributed by atoms with E-state index in [1.54, 1.807) is 7.11 Å². The summed E-state index contributed by atoms with van der Waals surface area (Å²) >= 11 is 5.82. The van der Waals surface area contributed by atoms with Gasteiger partial charge in [0.05, 0.1) is 32.6 Å². The fourth-order valence-corrected chi connectivity index (χ4v) is 3.69. The van der Waals surface area contributed by atoms with Crippen molar-refractivity contribution in [1.82, 2.24) is 9.80 Å². The Morgan fingerprint density at radius 1 is 1.10 bits per heavy atom. The number of nitrogens with zero attached hydrogens (tertiary/aromatic N) is 2. The van der Waals surface area contributed by atoms with Gasteiger partial charge in [-0.2, -0.15) is 0 Å². The maximum atomic E-state index is 5.82. The second kappa shape index (κ2) is 11.7. The summed E-state index contributed by atoms with van der Waals surface area (Å²) in [6.45, 7) is 8.46. The number of para-hydroxylation sites is 3. The molecule has 1 aliphatic rings. The molecule has 0 atom stereocenters. The molecule has 0 radical (unpaired) electrons. The van der Waals surface area contributed by atoms with Gasteiger partial charge in [-0.05, 0) is 37.3 Å². The highest BCUT2D eigenvalue weighted by atomic mass is 32.1. The van der Waals surface area contributed by atoms with Crippen LogP contribution in [0.5, 0.6) is 11.5 Å². The Kier molecular flexibility index (Phi) is 8.74. The molecule has 0 bridgehead atoms. The predicted octanol–water partition coefficient (Wildman–Crippen LogP) is 3.63. The molecule has 0 aromatic heterocycles. The van der Waals surface area contributed by atoms with Crippen molar-refractivity contribution in [3.63, 3.8) is 0 Å².